The maximum atomic E-state index is 11.7. The molecule has 19 heavy (non-hydrogen) atoms. The molecule has 2 heterocycles. The summed E-state index contributed by atoms with van der Waals surface area (Å²) in [4.78, 5) is 15.5. The Balaban J connectivity index is 1.56. The number of aryl methyl sites for hydroxylation is 1. The molecule has 2 amide bonds. The quantitative estimate of drug-likeness (QED) is 0.737. The summed E-state index contributed by atoms with van der Waals surface area (Å²) in [6, 6.07) is -0.0839. The highest BCUT2D eigenvalue weighted by Gasteiger charge is 2.23. The van der Waals surface area contributed by atoms with Crippen molar-refractivity contribution < 1.29 is 9.53 Å². The summed E-state index contributed by atoms with van der Waals surface area (Å²) >= 11 is 0. The van der Waals surface area contributed by atoms with Gasteiger partial charge < -0.3 is 15.4 Å². The number of amides is 2. The first-order valence-electron chi connectivity index (χ1n) is 6.74. The molecule has 1 aliphatic rings. The van der Waals surface area contributed by atoms with Crippen LogP contribution in [0.25, 0.3) is 0 Å². The molecule has 2 atom stereocenters. The SMILES string of the molecule is C[C@H](NC(=O)NCCCn1cncn1)[C@H]1CCCO1. The number of carbonyl (C=O) groups is 1. The fraction of sp³-hybridized carbons (Fsp3) is 0.750. The molecule has 0 spiro atoms. The van der Waals surface area contributed by atoms with Gasteiger partial charge >= 0.3 is 6.03 Å². The average Bonchev–Trinajstić information content (AvgIpc) is 3.07. The van der Waals surface area contributed by atoms with E-state index in [0.29, 0.717) is 6.54 Å². The fourth-order valence-corrected chi connectivity index (χ4v) is 2.14. The maximum Gasteiger partial charge on any atom is 0.315 e. The zero-order valence-corrected chi connectivity index (χ0v) is 11.2. The molecule has 106 valence electrons. The number of hydrogen-bond acceptors (Lipinski definition) is 4. The van der Waals surface area contributed by atoms with E-state index in [9.17, 15) is 4.79 Å². The summed E-state index contributed by atoms with van der Waals surface area (Å²) in [5.74, 6) is 0. The molecular formula is C12H21N5O2. The van der Waals surface area contributed by atoms with Gasteiger partial charge in [0, 0.05) is 19.7 Å². The minimum absolute atomic E-state index is 0.0535. The Morgan fingerprint density at radius 2 is 2.53 bits per heavy atom. The summed E-state index contributed by atoms with van der Waals surface area (Å²) < 4.78 is 7.27. The van der Waals surface area contributed by atoms with Crippen LogP contribution in [-0.2, 0) is 11.3 Å². The van der Waals surface area contributed by atoms with Crippen LogP contribution in [0, 0.1) is 0 Å². The van der Waals surface area contributed by atoms with Gasteiger partial charge in [-0.3, -0.25) is 4.68 Å². The van der Waals surface area contributed by atoms with E-state index in [-0.39, 0.29) is 18.2 Å². The molecule has 2 N–H and O–H groups in total. The summed E-state index contributed by atoms with van der Waals surface area (Å²) in [5, 5.41) is 9.73. The van der Waals surface area contributed by atoms with Crippen molar-refractivity contribution in [2.24, 2.45) is 0 Å². The van der Waals surface area contributed by atoms with Crippen LogP contribution in [-0.4, -0.2) is 46.1 Å². The molecule has 0 aromatic carbocycles. The summed E-state index contributed by atoms with van der Waals surface area (Å²) in [7, 11) is 0. The van der Waals surface area contributed by atoms with Crippen molar-refractivity contribution in [3.8, 4) is 0 Å². The Hall–Kier alpha value is -1.63. The summed E-state index contributed by atoms with van der Waals surface area (Å²) in [6.45, 7) is 4.15. The predicted molar refractivity (Wildman–Crippen MR) is 69.6 cm³/mol. The van der Waals surface area contributed by atoms with Gasteiger partial charge in [-0.2, -0.15) is 5.10 Å². The smallest absolute Gasteiger partial charge is 0.315 e. The van der Waals surface area contributed by atoms with Crippen LogP contribution < -0.4 is 10.6 Å². The lowest BCUT2D eigenvalue weighted by Crippen LogP contribution is -2.46. The minimum atomic E-state index is -0.137. The van der Waals surface area contributed by atoms with E-state index in [1.54, 1.807) is 11.0 Å². The van der Waals surface area contributed by atoms with Gasteiger partial charge in [-0.05, 0) is 26.2 Å². The van der Waals surface area contributed by atoms with Crippen LogP contribution in [0.4, 0.5) is 4.79 Å². The standard InChI is InChI=1S/C12H21N5O2/c1-10(11-4-2-7-19-11)16-12(18)14-5-3-6-17-9-13-8-15-17/h8-11H,2-7H2,1H3,(H2,14,16,18)/t10-,11+/m0/s1. The Bertz CT molecular complexity index is 375. The average molecular weight is 267 g/mol. The van der Waals surface area contributed by atoms with Crippen LogP contribution in [0.15, 0.2) is 12.7 Å². The third-order valence-corrected chi connectivity index (χ3v) is 3.20. The first kappa shape index (κ1) is 13.8. The molecule has 1 aliphatic heterocycles. The van der Waals surface area contributed by atoms with Gasteiger partial charge in [-0.15, -0.1) is 0 Å². The summed E-state index contributed by atoms with van der Waals surface area (Å²) in [5.41, 5.74) is 0. The predicted octanol–water partition coefficient (Wildman–Crippen LogP) is 0.535. The second-order valence-corrected chi connectivity index (χ2v) is 4.75. The number of nitrogens with one attached hydrogen (secondary N) is 2. The first-order valence-corrected chi connectivity index (χ1v) is 6.74. The molecule has 7 heteroatoms. The Kier molecular flexibility index (Phi) is 5.14. The van der Waals surface area contributed by atoms with Crippen molar-refractivity contribution in [3.63, 3.8) is 0 Å². The van der Waals surface area contributed by atoms with E-state index < -0.39 is 0 Å². The highest BCUT2D eigenvalue weighted by molar-refractivity contribution is 5.74. The highest BCUT2D eigenvalue weighted by atomic mass is 16.5. The molecule has 7 nitrogen and oxygen atoms in total. The van der Waals surface area contributed by atoms with Gasteiger partial charge in [-0.1, -0.05) is 0 Å². The second-order valence-electron chi connectivity index (χ2n) is 4.75. The van der Waals surface area contributed by atoms with E-state index in [2.05, 4.69) is 20.7 Å². The van der Waals surface area contributed by atoms with Gasteiger partial charge in [0.1, 0.15) is 12.7 Å². The zero-order valence-electron chi connectivity index (χ0n) is 11.2. The van der Waals surface area contributed by atoms with E-state index in [1.807, 2.05) is 6.92 Å². The lowest BCUT2D eigenvalue weighted by Gasteiger charge is -2.20. The topological polar surface area (TPSA) is 81.1 Å². The number of nitrogens with zero attached hydrogens (tertiary/aromatic N) is 3. The van der Waals surface area contributed by atoms with Crippen molar-refractivity contribution in [1.29, 1.82) is 0 Å². The van der Waals surface area contributed by atoms with Crippen molar-refractivity contribution in [1.82, 2.24) is 25.4 Å². The monoisotopic (exact) mass is 267 g/mol. The molecule has 1 fully saturated rings. The van der Waals surface area contributed by atoms with Crippen LogP contribution in [0.2, 0.25) is 0 Å². The lowest BCUT2D eigenvalue weighted by molar-refractivity contribution is 0.0860. The number of aromatic nitrogens is 3. The Morgan fingerprint density at radius 1 is 1.63 bits per heavy atom. The van der Waals surface area contributed by atoms with Crippen molar-refractivity contribution >= 4 is 6.03 Å². The van der Waals surface area contributed by atoms with Crippen molar-refractivity contribution in [3.05, 3.63) is 12.7 Å². The molecule has 0 unspecified atom stereocenters. The largest absolute Gasteiger partial charge is 0.376 e. The van der Waals surface area contributed by atoms with Crippen LogP contribution in [0.1, 0.15) is 26.2 Å². The van der Waals surface area contributed by atoms with Gasteiger partial charge in [0.15, 0.2) is 0 Å². The Labute approximate surface area is 112 Å². The summed E-state index contributed by atoms with van der Waals surface area (Å²) in [6.07, 6.45) is 6.25. The Morgan fingerprint density at radius 3 is 3.21 bits per heavy atom. The minimum Gasteiger partial charge on any atom is -0.376 e. The van der Waals surface area contributed by atoms with Crippen molar-refractivity contribution in [2.75, 3.05) is 13.2 Å². The third-order valence-electron chi connectivity index (χ3n) is 3.20. The molecule has 1 saturated heterocycles. The molecule has 0 aliphatic carbocycles. The molecular weight excluding hydrogens is 246 g/mol. The molecule has 0 saturated carbocycles. The van der Waals surface area contributed by atoms with Gasteiger partial charge in [0.2, 0.25) is 0 Å². The zero-order chi connectivity index (χ0) is 13.5. The maximum absolute atomic E-state index is 11.7. The van der Waals surface area contributed by atoms with E-state index >= 15 is 0 Å². The fourth-order valence-electron chi connectivity index (χ4n) is 2.14. The van der Waals surface area contributed by atoms with Gasteiger partial charge in [-0.25, -0.2) is 9.78 Å². The second kappa shape index (κ2) is 7.08. The third kappa shape index (κ3) is 4.51. The van der Waals surface area contributed by atoms with Gasteiger partial charge in [0.05, 0.1) is 12.1 Å². The normalized spacial score (nSPS) is 20.2. The molecule has 0 radical (unpaired) electrons. The van der Waals surface area contributed by atoms with E-state index in [1.165, 1.54) is 6.33 Å². The van der Waals surface area contributed by atoms with Gasteiger partial charge in [0.25, 0.3) is 0 Å². The number of rotatable bonds is 6. The molecule has 1 aromatic heterocycles. The highest BCUT2D eigenvalue weighted by Crippen LogP contribution is 2.15. The van der Waals surface area contributed by atoms with Crippen molar-refractivity contribution in [2.45, 2.75) is 44.9 Å². The number of hydrogen-bond donors (Lipinski definition) is 2. The van der Waals surface area contributed by atoms with Crippen LogP contribution >= 0.6 is 0 Å². The number of carbonyl (C=O) groups excluding carboxylic acids is 1. The first-order chi connectivity index (χ1) is 9.25. The number of urea groups is 1. The van der Waals surface area contributed by atoms with E-state index in [0.717, 1.165) is 32.4 Å². The molecule has 0 bridgehead atoms. The number of ether oxygens (including phenoxy) is 1. The van der Waals surface area contributed by atoms with Crippen LogP contribution in [0.5, 0.6) is 0 Å². The molecule has 2 rings (SSSR count). The molecule has 1 aromatic rings. The lowest BCUT2D eigenvalue weighted by atomic mass is 10.1. The van der Waals surface area contributed by atoms with Crippen LogP contribution in [0.3, 0.4) is 0 Å². The van der Waals surface area contributed by atoms with E-state index in [4.69, 9.17) is 4.74 Å².